The van der Waals surface area contributed by atoms with Gasteiger partial charge in [0.15, 0.2) is 0 Å². The fourth-order valence-corrected chi connectivity index (χ4v) is 4.38. The third-order valence-electron chi connectivity index (χ3n) is 5.91. The number of rotatable bonds is 11. The lowest BCUT2D eigenvalue weighted by molar-refractivity contribution is -0.146. The lowest BCUT2D eigenvalue weighted by Crippen LogP contribution is -2.47. The van der Waals surface area contributed by atoms with Crippen LogP contribution < -0.4 is 5.32 Å². The summed E-state index contributed by atoms with van der Waals surface area (Å²) in [6, 6.07) is 17.2. The largest absolute Gasteiger partial charge is 0.463 e. The van der Waals surface area contributed by atoms with Crippen molar-refractivity contribution in [3.8, 4) is 0 Å². The predicted octanol–water partition coefficient (Wildman–Crippen LogP) is 5.96. The average Bonchev–Trinajstić information content (AvgIpc) is 2.87. The Labute approximate surface area is 223 Å². The van der Waals surface area contributed by atoms with Crippen molar-refractivity contribution in [1.29, 1.82) is 0 Å². The van der Waals surface area contributed by atoms with E-state index in [0.29, 0.717) is 11.4 Å². The zero-order chi connectivity index (χ0) is 26.7. The molecule has 7 heteroatoms. The van der Waals surface area contributed by atoms with Crippen molar-refractivity contribution in [2.24, 2.45) is 0 Å². The van der Waals surface area contributed by atoms with Crippen molar-refractivity contribution in [2.45, 2.75) is 51.7 Å². The summed E-state index contributed by atoms with van der Waals surface area (Å²) >= 11 is 6.14. The van der Waals surface area contributed by atoms with Crippen LogP contribution in [0.15, 0.2) is 84.5 Å². The van der Waals surface area contributed by atoms with Gasteiger partial charge >= 0.3 is 11.9 Å². The number of hydrogen-bond acceptors (Lipinski definition) is 5. The molecule has 0 saturated heterocycles. The fourth-order valence-electron chi connectivity index (χ4n) is 4.19. The molecule has 1 atom stereocenters. The first kappa shape index (κ1) is 27.9. The number of carbonyl (C=O) groups excluding carboxylic acids is 3. The molecule has 0 radical (unpaired) electrons. The molecule has 194 valence electrons. The van der Waals surface area contributed by atoms with Gasteiger partial charge in [-0.15, -0.1) is 0 Å². The van der Waals surface area contributed by atoms with Crippen LogP contribution in [0, 0.1) is 0 Å². The van der Waals surface area contributed by atoms with Gasteiger partial charge in [-0.3, -0.25) is 9.59 Å². The number of nitrogens with one attached hydrogen (secondary N) is 1. The molecule has 0 aliphatic heterocycles. The van der Waals surface area contributed by atoms with Gasteiger partial charge in [-0.2, -0.15) is 0 Å². The third kappa shape index (κ3) is 9.39. The highest BCUT2D eigenvalue weighted by Crippen LogP contribution is 2.32. The van der Waals surface area contributed by atoms with Gasteiger partial charge in [0, 0.05) is 17.2 Å². The Kier molecular flexibility index (Phi) is 10.3. The van der Waals surface area contributed by atoms with E-state index in [4.69, 9.17) is 21.1 Å². The van der Waals surface area contributed by atoms with Gasteiger partial charge in [0.05, 0.1) is 18.6 Å². The van der Waals surface area contributed by atoms with Crippen LogP contribution in [0.3, 0.4) is 0 Å². The van der Waals surface area contributed by atoms with Gasteiger partial charge in [0.25, 0.3) is 0 Å². The number of benzene rings is 2. The molecule has 0 heterocycles. The second-order valence-corrected chi connectivity index (χ2v) is 9.60. The van der Waals surface area contributed by atoms with Crippen LogP contribution in [0.1, 0.15) is 50.7 Å². The maximum Gasteiger partial charge on any atom is 0.330 e. The van der Waals surface area contributed by atoms with E-state index in [1.165, 1.54) is 5.57 Å². The summed E-state index contributed by atoms with van der Waals surface area (Å²) in [5.74, 6) is -1.51. The van der Waals surface area contributed by atoms with Crippen molar-refractivity contribution in [3.63, 3.8) is 0 Å². The van der Waals surface area contributed by atoms with Crippen LogP contribution in [0.25, 0.3) is 5.57 Å². The lowest BCUT2D eigenvalue weighted by atomic mass is 9.84. The Morgan fingerprint density at radius 2 is 1.78 bits per heavy atom. The highest BCUT2D eigenvalue weighted by molar-refractivity contribution is 6.30. The first-order chi connectivity index (χ1) is 17.8. The average molecular weight is 522 g/mol. The summed E-state index contributed by atoms with van der Waals surface area (Å²) < 4.78 is 10.3. The minimum absolute atomic E-state index is 0.0268. The Hall–Kier alpha value is -3.64. The minimum Gasteiger partial charge on any atom is -0.463 e. The molecule has 2 aromatic carbocycles. The molecular weight excluding hydrogens is 490 g/mol. The number of hydrogen-bond donors (Lipinski definition) is 1. The Morgan fingerprint density at radius 3 is 2.46 bits per heavy atom. The third-order valence-corrected chi connectivity index (χ3v) is 6.14. The van der Waals surface area contributed by atoms with E-state index in [9.17, 15) is 14.4 Å². The van der Waals surface area contributed by atoms with E-state index < -0.39 is 23.4 Å². The first-order valence-electron chi connectivity index (χ1n) is 12.3. The number of amides is 1. The van der Waals surface area contributed by atoms with E-state index in [1.54, 1.807) is 6.92 Å². The second kappa shape index (κ2) is 13.6. The summed E-state index contributed by atoms with van der Waals surface area (Å²) in [5, 5.41) is 3.59. The SMILES string of the molecule is CCOC(=O)/C=C/C(=O)NC(C)(CC(=O)OCc1ccccc1)CC1=CC=C(c2cccc(Cl)c2)CC1. The van der Waals surface area contributed by atoms with Crippen molar-refractivity contribution >= 4 is 35.0 Å². The normalized spacial score (nSPS) is 14.8. The lowest BCUT2D eigenvalue weighted by Gasteiger charge is -2.31. The van der Waals surface area contributed by atoms with Crippen molar-refractivity contribution < 1.29 is 23.9 Å². The molecule has 37 heavy (non-hydrogen) atoms. The maximum atomic E-state index is 12.8. The summed E-state index contributed by atoms with van der Waals surface area (Å²) in [6.45, 7) is 3.87. The molecule has 0 aromatic heterocycles. The van der Waals surface area contributed by atoms with Gasteiger partial charge in [0.1, 0.15) is 6.61 Å². The summed E-state index contributed by atoms with van der Waals surface area (Å²) in [5.41, 5.74) is 3.31. The number of allylic oxidation sites excluding steroid dienone is 3. The molecule has 1 unspecified atom stereocenters. The maximum absolute atomic E-state index is 12.8. The highest BCUT2D eigenvalue weighted by atomic mass is 35.5. The van der Waals surface area contributed by atoms with Crippen molar-refractivity contribution in [3.05, 3.63) is 101 Å². The van der Waals surface area contributed by atoms with Crippen molar-refractivity contribution in [2.75, 3.05) is 6.61 Å². The topological polar surface area (TPSA) is 81.7 Å². The van der Waals surface area contributed by atoms with Crippen LogP contribution >= 0.6 is 11.6 Å². The van der Waals surface area contributed by atoms with Gasteiger partial charge in [0.2, 0.25) is 5.91 Å². The standard InChI is InChI=1S/C30H32ClNO5/c1-3-36-28(34)17-16-27(33)32-30(2,20-29(35)37-21-23-8-5-4-6-9-23)19-22-12-14-24(15-13-22)25-10-7-11-26(31)18-25/h4-12,14,16-18H,3,13,15,19-21H2,1-2H3,(H,32,33)/b17-16+. The van der Waals surface area contributed by atoms with Crippen LogP contribution in [0.5, 0.6) is 0 Å². The van der Waals surface area contributed by atoms with E-state index in [2.05, 4.69) is 11.4 Å². The van der Waals surface area contributed by atoms with E-state index >= 15 is 0 Å². The Balaban J connectivity index is 1.72. The molecule has 0 saturated carbocycles. The summed E-state index contributed by atoms with van der Waals surface area (Å²) in [4.78, 5) is 37.0. The molecule has 1 aliphatic rings. The van der Waals surface area contributed by atoms with Crippen LogP contribution in [-0.4, -0.2) is 30.0 Å². The highest BCUT2D eigenvalue weighted by Gasteiger charge is 2.31. The summed E-state index contributed by atoms with van der Waals surface area (Å²) in [7, 11) is 0. The monoisotopic (exact) mass is 521 g/mol. The number of halogens is 1. The Bertz CT molecular complexity index is 1200. The van der Waals surface area contributed by atoms with Crippen LogP contribution in [0.2, 0.25) is 5.02 Å². The van der Waals surface area contributed by atoms with E-state index in [0.717, 1.165) is 41.7 Å². The number of carbonyl (C=O) groups is 3. The molecule has 1 aliphatic carbocycles. The van der Waals surface area contributed by atoms with Crippen LogP contribution in [-0.2, 0) is 30.5 Å². The molecular formula is C30H32ClNO5. The first-order valence-corrected chi connectivity index (χ1v) is 12.7. The molecule has 3 rings (SSSR count). The molecule has 6 nitrogen and oxygen atoms in total. The predicted molar refractivity (Wildman–Crippen MR) is 145 cm³/mol. The number of esters is 2. The zero-order valence-electron chi connectivity index (χ0n) is 21.2. The Morgan fingerprint density at radius 1 is 1.00 bits per heavy atom. The van der Waals surface area contributed by atoms with Crippen molar-refractivity contribution in [1.82, 2.24) is 5.32 Å². The zero-order valence-corrected chi connectivity index (χ0v) is 21.9. The number of ether oxygens (including phenoxy) is 2. The molecule has 0 fully saturated rings. The quantitative estimate of drug-likeness (QED) is 0.291. The second-order valence-electron chi connectivity index (χ2n) is 9.16. The molecule has 2 aromatic rings. The molecule has 1 amide bonds. The van der Waals surface area contributed by atoms with Crippen LogP contribution in [0.4, 0.5) is 0 Å². The molecule has 1 N–H and O–H groups in total. The van der Waals surface area contributed by atoms with E-state index in [1.807, 2.05) is 67.6 Å². The van der Waals surface area contributed by atoms with Gasteiger partial charge in [-0.25, -0.2) is 4.79 Å². The molecule has 0 bridgehead atoms. The smallest absolute Gasteiger partial charge is 0.330 e. The van der Waals surface area contributed by atoms with Gasteiger partial charge < -0.3 is 14.8 Å². The van der Waals surface area contributed by atoms with Gasteiger partial charge in [-0.05, 0) is 61.9 Å². The fraction of sp³-hybridized carbons (Fsp3) is 0.300. The summed E-state index contributed by atoms with van der Waals surface area (Å²) in [6.07, 6.45) is 8.31. The molecule has 0 spiro atoms. The van der Waals surface area contributed by atoms with E-state index in [-0.39, 0.29) is 19.6 Å². The van der Waals surface area contributed by atoms with Gasteiger partial charge in [-0.1, -0.05) is 71.8 Å². The minimum atomic E-state index is -0.920.